The van der Waals surface area contributed by atoms with Crippen LogP contribution in [0.4, 0.5) is 0 Å². The normalized spacial score (nSPS) is 9.88. The molecular formula is C5H8N2Sn. The molecule has 2 nitrogen and oxygen atoms in total. The van der Waals surface area contributed by atoms with Crippen LogP contribution in [0.5, 0.6) is 0 Å². The number of aromatic nitrogens is 2. The minimum atomic E-state index is 1.06. The van der Waals surface area contributed by atoms with Crippen molar-refractivity contribution in [2.75, 3.05) is 0 Å². The molecule has 1 heterocycles. The first-order chi connectivity index (χ1) is 3.70. The Labute approximate surface area is 62.3 Å². The third-order valence-corrected chi connectivity index (χ3v) is 2.54. The average molecular weight is 215 g/mol. The monoisotopic (exact) mass is 216 g/mol. The SMILES string of the molecule is Cc1cc(C)[n]([SnH])n1. The Morgan fingerprint density at radius 2 is 2.25 bits per heavy atom. The van der Waals surface area contributed by atoms with Crippen molar-refractivity contribution < 1.29 is 0 Å². The molecule has 3 heteroatoms. The van der Waals surface area contributed by atoms with Gasteiger partial charge in [-0.3, -0.25) is 0 Å². The van der Waals surface area contributed by atoms with Crippen molar-refractivity contribution in [2.45, 2.75) is 13.8 Å². The van der Waals surface area contributed by atoms with Crippen LogP contribution in [0.2, 0.25) is 0 Å². The third kappa shape index (κ3) is 1.05. The summed E-state index contributed by atoms with van der Waals surface area (Å²) in [6, 6.07) is 2.09. The molecule has 0 aliphatic carbocycles. The molecule has 0 aromatic carbocycles. The Balaban J connectivity index is 3.14. The summed E-state index contributed by atoms with van der Waals surface area (Å²) in [4.78, 5) is 0. The maximum atomic E-state index is 4.19. The van der Waals surface area contributed by atoms with E-state index in [1.165, 1.54) is 5.69 Å². The standard InChI is InChI=1S/C5H7N2.Sn.H/c1-4-3-5(2)7-6-4;;/h3H,1-2H3;;/q-1;+1;. The Morgan fingerprint density at radius 1 is 1.62 bits per heavy atom. The molecule has 0 fully saturated rings. The van der Waals surface area contributed by atoms with Gasteiger partial charge in [-0.05, 0) is 0 Å². The van der Waals surface area contributed by atoms with Gasteiger partial charge in [0, 0.05) is 0 Å². The molecule has 1 aromatic heterocycles. The van der Waals surface area contributed by atoms with Gasteiger partial charge in [0.25, 0.3) is 0 Å². The van der Waals surface area contributed by atoms with Crippen LogP contribution in [0.25, 0.3) is 0 Å². The first-order valence-corrected chi connectivity index (χ1v) is 3.96. The van der Waals surface area contributed by atoms with E-state index in [9.17, 15) is 0 Å². The van der Waals surface area contributed by atoms with Crippen molar-refractivity contribution in [2.24, 2.45) is 0 Å². The van der Waals surface area contributed by atoms with E-state index in [0.29, 0.717) is 0 Å². The molecular weight excluding hydrogens is 207 g/mol. The zero-order valence-electron chi connectivity index (χ0n) is 5.05. The van der Waals surface area contributed by atoms with Gasteiger partial charge in [0.1, 0.15) is 0 Å². The number of aryl methyl sites for hydroxylation is 2. The van der Waals surface area contributed by atoms with Crippen molar-refractivity contribution in [3.05, 3.63) is 17.5 Å². The summed E-state index contributed by atoms with van der Waals surface area (Å²) < 4.78 is 2.00. The predicted molar refractivity (Wildman–Crippen MR) is 34.2 cm³/mol. The van der Waals surface area contributed by atoms with Crippen molar-refractivity contribution >= 4 is 22.8 Å². The van der Waals surface area contributed by atoms with Gasteiger partial charge in [0.2, 0.25) is 0 Å². The van der Waals surface area contributed by atoms with E-state index in [-0.39, 0.29) is 0 Å². The molecule has 0 aliphatic heterocycles. The number of rotatable bonds is 0. The zero-order valence-corrected chi connectivity index (χ0v) is 8.34. The molecule has 42 valence electrons. The summed E-state index contributed by atoms with van der Waals surface area (Å²) in [5.74, 6) is 0. The zero-order chi connectivity index (χ0) is 6.15. The van der Waals surface area contributed by atoms with Gasteiger partial charge in [0.15, 0.2) is 0 Å². The average Bonchev–Trinajstić information content (AvgIpc) is 1.85. The quantitative estimate of drug-likeness (QED) is 0.563. The molecule has 1 aromatic rings. The van der Waals surface area contributed by atoms with Gasteiger partial charge in [-0.25, -0.2) is 0 Å². The molecule has 0 unspecified atom stereocenters. The molecule has 0 saturated heterocycles. The molecule has 0 atom stereocenters. The van der Waals surface area contributed by atoms with Crippen LogP contribution in [0, 0.1) is 13.8 Å². The first kappa shape index (κ1) is 6.13. The van der Waals surface area contributed by atoms with Gasteiger partial charge in [-0.15, -0.1) is 0 Å². The van der Waals surface area contributed by atoms with Crippen LogP contribution in [-0.2, 0) is 0 Å². The van der Waals surface area contributed by atoms with Crippen molar-refractivity contribution in [1.82, 2.24) is 8.00 Å². The van der Waals surface area contributed by atoms with Gasteiger partial charge in [-0.1, -0.05) is 0 Å². The van der Waals surface area contributed by atoms with Crippen LogP contribution >= 0.6 is 0 Å². The molecule has 0 amide bonds. The summed E-state index contributed by atoms with van der Waals surface area (Å²) >= 11 is 1.06. The van der Waals surface area contributed by atoms with Crippen LogP contribution in [0.3, 0.4) is 0 Å². The van der Waals surface area contributed by atoms with Gasteiger partial charge in [-0.2, -0.15) is 0 Å². The molecule has 0 bridgehead atoms. The molecule has 0 saturated carbocycles. The Hall–Kier alpha value is 0.00870. The second kappa shape index (κ2) is 2.09. The van der Waals surface area contributed by atoms with E-state index in [4.69, 9.17) is 0 Å². The minimum absolute atomic E-state index is 1.06. The van der Waals surface area contributed by atoms with Crippen LogP contribution in [0.15, 0.2) is 6.07 Å². The number of hydrogen-bond donors (Lipinski definition) is 0. The molecule has 0 N–H and O–H groups in total. The summed E-state index contributed by atoms with van der Waals surface area (Å²) in [5, 5.41) is 4.19. The number of nitrogens with zero attached hydrogens (tertiary/aromatic N) is 2. The van der Waals surface area contributed by atoms with E-state index >= 15 is 0 Å². The summed E-state index contributed by atoms with van der Waals surface area (Å²) in [5.41, 5.74) is 2.39. The van der Waals surface area contributed by atoms with Crippen molar-refractivity contribution in [3.63, 3.8) is 0 Å². The Bertz CT molecular complexity index is 173. The van der Waals surface area contributed by atoms with Gasteiger partial charge >= 0.3 is 62.1 Å². The Kier molecular flexibility index (Phi) is 1.60. The second-order valence-corrected chi connectivity index (χ2v) is 3.27. The number of hydrogen-bond acceptors (Lipinski definition) is 1. The Morgan fingerprint density at radius 3 is 2.38 bits per heavy atom. The summed E-state index contributed by atoms with van der Waals surface area (Å²) in [6.45, 7) is 4.09. The first-order valence-electron chi connectivity index (χ1n) is 2.48. The molecule has 2 radical (unpaired) electrons. The van der Waals surface area contributed by atoms with Crippen LogP contribution in [-0.4, -0.2) is 30.8 Å². The van der Waals surface area contributed by atoms with E-state index in [0.717, 1.165) is 28.5 Å². The van der Waals surface area contributed by atoms with E-state index in [2.05, 4.69) is 18.1 Å². The predicted octanol–water partition coefficient (Wildman–Crippen LogP) is 0.164. The van der Waals surface area contributed by atoms with Crippen molar-refractivity contribution in [3.8, 4) is 0 Å². The summed E-state index contributed by atoms with van der Waals surface area (Å²) in [7, 11) is 0. The van der Waals surface area contributed by atoms with Gasteiger partial charge in [0.05, 0.1) is 0 Å². The maximum absolute atomic E-state index is 4.19. The fraction of sp³-hybridized carbons (Fsp3) is 0.400. The second-order valence-electron chi connectivity index (χ2n) is 1.87. The van der Waals surface area contributed by atoms with Crippen LogP contribution < -0.4 is 0 Å². The topological polar surface area (TPSA) is 17.8 Å². The molecule has 0 aliphatic rings. The van der Waals surface area contributed by atoms with E-state index < -0.39 is 0 Å². The molecule has 1 rings (SSSR count). The fourth-order valence-electron chi connectivity index (χ4n) is 0.646. The molecule has 0 spiro atoms. The van der Waals surface area contributed by atoms with E-state index in [1.54, 1.807) is 0 Å². The van der Waals surface area contributed by atoms with Crippen molar-refractivity contribution in [1.29, 1.82) is 0 Å². The molecule has 8 heavy (non-hydrogen) atoms. The fourth-order valence-corrected chi connectivity index (χ4v) is 1.38. The van der Waals surface area contributed by atoms with E-state index in [1.807, 2.05) is 9.83 Å². The third-order valence-electron chi connectivity index (χ3n) is 1.04. The van der Waals surface area contributed by atoms with Gasteiger partial charge < -0.3 is 0 Å². The summed E-state index contributed by atoms with van der Waals surface area (Å²) in [6.07, 6.45) is 0. The van der Waals surface area contributed by atoms with Crippen LogP contribution in [0.1, 0.15) is 11.4 Å².